The van der Waals surface area contributed by atoms with Gasteiger partial charge in [0, 0.05) is 23.5 Å². The summed E-state index contributed by atoms with van der Waals surface area (Å²) in [5.74, 6) is -0.338. The van der Waals surface area contributed by atoms with Gasteiger partial charge in [-0.25, -0.2) is 4.39 Å². The molecule has 0 fully saturated rings. The molecule has 4 heteroatoms. The lowest BCUT2D eigenvalue weighted by Gasteiger charge is -2.15. The molecule has 2 nitrogen and oxygen atoms in total. The van der Waals surface area contributed by atoms with Crippen LogP contribution >= 0.6 is 11.6 Å². The van der Waals surface area contributed by atoms with Gasteiger partial charge in [-0.3, -0.25) is 4.98 Å². The number of nitrogens with zero attached hydrogens (tertiary/aromatic N) is 1. The van der Waals surface area contributed by atoms with E-state index < -0.39 is 0 Å². The molecule has 1 aromatic heterocycles. The van der Waals surface area contributed by atoms with Crippen LogP contribution < -0.4 is 5.73 Å². The molecule has 94 valence electrons. The highest BCUT2D eigenvalue weighted by Crippen LogP contribution is 2.24. The van der Waals surface area contributed by atoms with Crippen LogP contribution in [0.2, 0.25) is 5.02 Å². The van der Waals surface area contributed by atoms with E-state index in [9.17, 15) is 4.39 Å². The lowest BCUT2D eigenvalue weighted by atomic mass is 9.98. The first kappa shape index (κ1) is 13.0. The first-order valence-corrected chi connectivity index (χ1v) is 6.05. The van der Waals surface area contributed by atoms with Gasteiger partial charge in [-0.1, -0.05) is 17.7 Å². The van der Waals surface area contributed by atoms with Crippen LogP contribution in [0.3, 0.4) is 0 Å². The molecule has 0 amide bonds. The van der Waals surface area contributed by atoms with Gasteiger partial charge in [-0.2, -0.15) is 0 Å². The van der Waals surface area contributed by atoms with Crippen LogP contribution in [0.5, 0.6) is 0 Å². The van der Waals surface area contributed by atoms with Crippen molar-refractivity contribution in [3.05, 3.63) is 64.2 Å². The summed E-state index contributed by atoms with van der Waals surface area (Å²) in [7, 11) is 0. The number of hydrogen-bond acceptors (Lipinski definition) is 2. The summed E-state index contributed by atoms with van der Waals surface area (Å²) >= 11 is 5.99. The Hall–Kier alpha value is -1.45. The fourth-order valence-electron chi connectivity index (χ4n) is 1.90. The monoisotopic (exact) mass is 264 g/mol. The van der Waals surface area contributed by atoms with Crippen LogP contribution in [0.25, 0.3) is 0 Å². The van der Waals surface area contributed by atoms with Crippen LogP contribution in [0.1, 0.15) is 22.7 Å². The molecule has 1 unspecified atom stereocenters. The molecule has 2 aromatic rings. The van der Waals surface area contributed by atoms with Gasteiger partial charge in [-0.15, -0.1) is 0 Å². The van der Waals surface area contributed by atoms with Gasteiger partial charge in [0.25, 0.3) is 0 Å². The highest BCUT2D eigenvalue weighted by atomic mass is 35.5. The summed E-state index contributed by atoms with van der Waals surface area (Å²) in [5.41, 5.74) is 9.06. The molecular weight excluding hydrogens is 251 g/mol. The Kier molecular flexibility index (Phi) is 3.94. The minimum atomic E-state index is -0.338. The van der Waals surface area contributed by atoms with Crippen molar-refractivity contribution < 1.29 is 4.39 Å². The second-order valence-electron chi connectivity index (χ2n) is 4.28. The molecule has 2 N–H and O–H groups in total. The molecule has 0 bridgehead atoms. The fourth-order valence-corrected chi connectivity index (χ4v) is 2.14. The zero-order valence-corrected chi connectivity index (χ0v) is 10.8. The van der Waals surface area contributed by atoms with Gasteiger partial charge in [-0.05, 0) is 48.2 Å². The number of aryl methyl sites for hydroxylation is 1. The van der Waals surface area contributed by atoms with E-state index in [1.54, 1.807) is 18.5 Å². The maximum atomic E-state index is 12.9. The van der Waals surface area contributed by atoms with E-state index in [2.05, 4.69) is 4.98 Å². The van der Waals surface area contributed by atoms with Gasteiger partial charge in [0.05, 0.1) is 0 Å². The maximum absolute atomic E-state index is 12.9. The van der Waals surface area contributed by atoms with Crippen LogP contribution in [-0.2, 0) is 6.42 Å². The quantitative estimate of drug-likeness (QED) is 0.923. The van der Waals surface area contributed by atoms with E-state index in [4.69, 9.17) is 17.3 Å². The van der Waals surface area contributed by atoms with Gasteiger partial charge in [0.15, 0.2) is 0 Å². The molecule has 0 saturated carbocycles. The van der Waals surface area contributed by atoms with Crippen LogP contribution in [0, 0.1) is 12.7 Å². The second-order valence-corrected chi connectivity index (χ2v) is 4.69. The third kappa shape index (κ3) is 2.86. The summed E-state index contributed by atoms with van der Waals surface area (Å²) in [6, 6.07) is 6.09. The number of aromatic nitrogens is 1. The number of pyridine rings is 1. The molecule has 0 aliphatic heterocycles. The number of halogens is 2. The van der Waals surface area contributed by atoms with Crippen LogP contribution in [-0.4, -0.2) is 4.98 Å². The van der Waals surface area contributed by atoms with E-state index in [1.807, 2.05) is 13.0 Å². The van der Waals surface area contributed by atoms with Crippen molar-refractivity contribution in [1.29, 1.82) is 0 Å². The predicted molar refractivity (Wildman–Crippen MR) is 71.0 cm³/mol. The molecule has 0 spiro atoms. The molecule has 18 heavy (non-hydrogen) atoms. The van der Waals surface area contributed by atoms with Crippen LogP contribution in [0.15, 0.2) is 36.7 Å². The Labute approximate surface area is 111 Å². The minimum Gasteiger partial charge on any atom is -0.324 e. The Bertz CT molecular complexity index is 557. The van der Waals surface area contributed by atoms with Gasteiger partial charge in [0.1, 0.15) is 5.82 Å². The molecule has 0 radical (unpaired) electrons. The number of hydrogen-bond donors (Lipinski definition) is 1. The van der Waals surface area contributed by atoms with Crippen molar-refractivity contribution in [3.63, 3.8) is 0 Å². The Balaban J connectivity index is 2.21. The molecule has 2 rings (SSSR count). The third-order valence-corrected chi connectivity index (χ3v) is 3.29. The number of nitrogens with two attached hydrogens (primary N) is 1. The van der Waals surface area contributed by atoms with Crippen molar-refractivity contribution >= 4 is 11.6 Å². The van der Waals surface area contributed by atoms with Crippen molar-refractivity contribution in [3.8, 4) is 0 Å². The average Bonchev–Trinajstić information content (AvgIpc) is 2.33. The van der Waals surface area contributed by atoms with E-state index in [0.717, 1.165) is 16.7 Å². The van der Waals surface area contributed by atoms with E-state index >= 15 is 0 Å². The molecular formula is C14H14ClFN2. The second kappa shape index (κ2) is 5.46. The normalized spacial score (nSPS) is 12.4. The maximum Gasteiger partial charge on any atom is 0.124 e. The molecule has 1 aromatic carbocycles. The topological polar surface area (TPSA) is 38.9 Å². The number of rotatable bonds is 3. The lowest BCUT2D eigenvalue weighted by Crippen LogP contribution is -2.15. The first-order valence-electron chi connectivity index (χ1n) is 5.68. The lowest BCUT2D eigenvalue weighted by molar-refractivity contribution is 0.625. The molecule has 1 heterocycles. The zero-order chi connectivity index (χ0) is 13.1. The third-order valence-electron chi connectivity index (χ3n) is 2.93. The summed E-state index contributed by atoms with van der Waals surface area (Å²) < 4.78 is 12.9. The van der Waals surface area contributed by atoms with Gasteiger partial charge < -0.3 is 5.73 Å². The van der Waals surface area contributed by atoms with Crippen molar-refractivity contribution in [2.45, 2.75) is 19.4 Å². The van der Waals surface area contributed by atoms with Crippen molar-refractivity contribution in [2.75, 3.05) is 0 Å². The Morgan fingerprint density at radius 1 is 1.39 bits per heavy atom. The van der Waals surface area contributed by atoms with Crippen molar-refractivity contribution in [1.82, 2.24) is 4.98 Å². The van der Waals surface area contributed by atoms with Crippen molar-refractivity contribution in [2.24, 2.45) is 5.73 Å². The summed E-state index contributed by atoms with van der Waals surface area (Å²) in [6.07, 6.45) is 4.06. The summed E-state index contributed by atoms with van der Waals surface area (Å²) in [6.45, 7) is 1.99. The summed E-state index contributed by atoms with van der Waals surface area (Å²) in [4.78, 5) is 4.07. The first-order chi connectivity index (χ1) is 8.58. The van der Waals surface area contributed by atoms with E-state index in [-0.39, 0.29) is 11.9 Å². The average molecular weight is 265 g/mol. The minimum absolute atomic E-state index is 0.193. The standard InChI is InChI=1S/C14H14ClFN2/c1-9-4-5-18-8-12(9)14(17)6-10-2-3-11(16)7-13(10)15/h2-5,7-8,14H,6,17H2,1H3. The predicted octanol–water partition coefficient (Wildman–Crippen LogP) is 3.43. The summed E-state index contributed by atoms with van der Waals surface area (Å²) in [5, 5.41) is 0.409. The highest BCUT2D eigenvalue weighted by Gasteiger charge is 2.12. The number of benzene rings is 1. The fraction of sp³-hybridized carbons (Fsp3) is 0.214. The van der Waals surface area contributed by atoms with E-state index in [1.165, 1.54) is 12.1 Å². The molecule has 0 aliphatic rings. The van der Waals surface area contributed by atoms with E-state index in [0.29, 0.717) is 11.4 Å². The van der Waals surface area contributed by atoms with Crippen LogP contribution in [0.4, 0.5) is 4.39 Å². The van der Waals surface area contributed by atoms with Gasteiger partial charge >= 0.3 is 0 Å². The largest absolute Gasteiger partial charge is 0.324 e. The Morgan fingerprint density at radius 2 is 2.17 bits per heavy atom. The molecule has 1 atom stereocenters. The highest BCUT2D eigenvalue weighted by molar-refractivity contribution is 6.31. The smallest absolute Gasteiger partial charge is 0.124 e. The Morgan fingerprint density at radius 3 is 2.83 bits per heavy atom. The zero-order valence-electron chi connectivity index (χ0n) is 10.0. The SMILES string of the molecule is Cc1ccncc1C(N)Cc1ccc(F)cc1Cl. The van der Waals surface area contributed by atoms with Gasteiger partial charge in [0.2, 0.25) is 0 Å². The molecule has 0 aliphatic carbocycles. The molecule has 0 saturated heterocycles.